The molecule has 2 aromatic carbocycles. The molecule has 1 N–H and O–H groups in total. The summed E-state index contributed by atoms with van der Waals surface area (Å²) in [6.45, 7) is 3.59. The van der Waals surface area contributed by atoms with E-state index in [2.05, 4.69) is 65.6 Å². The Morgan fingerprint density at radius 2 is 1.35 bits per heavy atom. The Labute approximate surface area is 155 Å². The minimum absolute atomic E-state index is 0.313. The Bertz CT molecular complexity index is 681. The van der Waals surface area contributed by atoms with Crippen LogP contribution >= 0.6 is 0 Å². The average Bonchev–Trinajstić information content (AvgIpc) is 2.66. The van der Waals surface area contributed by atoms with Crippen LogP contribution in [0.4, 0.5) is 4.79 Å². The highest BCUT2D eigenvalue weighted by molar-refractivity contribution is 5.64. The third kappa shape index (κ3) is 3.47. The lowest BCUT2D eigenvalue weighted by atomic mass is 9.78. The van der Waals surface area contributed by atoms with Crippen molar-refractivity contribution in [1.29, 1.82) is 0 Å². The lowest BCUT2D eigenvalue weighted by Crippen LogP contribution is -2.53. The fourth-order valence-electron chi connectivity index (χ4n) is 4.50. The van der Waals surface area contributed by atoms with E-state index in [1.54, 1.807) is 4.90 Å². The third-order valence-electron chi connectivity index (χ3n) is 6.01. The van der Waals surface area contributed by atoms with Crippen LogP contribution in [0.5, 0.6) is 0 Å². The Balaban J connectivity index is 1.43. The van der Waals surface area contributed by atoms with Crippen molar-refractivity contribution in [3.63, 3.8) is 0 Å². The van der Waals surface area contributed by atoms with Crippen LogP contribution in [0.25, 0.3) is 0 Å². The number of carboxylic acid groups (broad SMARTS) is 1. The zero-order valence-electron chi connectivity index (χ0n) is 15.0. The Kier molecular flexibility index (Phi) is 4.93. The third-order valence-corrected chi connectivity index (χ3v) is 6.01. The molecule has 2 fully saturated rings. The fraction of sp³-hybridized carbons (Fsp3) is 0.409. The molecule has 2 aliphatic rings. The van der Waals surface area contributed by atoms with E-state index in [4.69, 9.17) is 5.11 Å². The summed E-state index contributed by atoms with van der Waals surface area (Å²) in [6, 6.07) is 21.8. The van der Waals surface area contributed by atoms with Crippen LogP contribution in [-0.4, -0.2) is 47.2 Å². The second-order valence-corrected chi connectivity index (χ2v) is 7.54. The minimum atomic E-state index is -0.771. The standard InChI is InChI=1S/C22H26N2O2/c25-22(26)23-13-11-17(12-14-23)20-15-24(16-20)21(18-7-3-1-4-8-18)19-9-5-2-6-10-19/h1-10,17,20-21H,11-16H2,(H,25,26). The number of nitrogens with zero attached hydrogens (tertiary/aromatic N) is 2. The van der Waals surface area contributed by atoms with Gasteiger partial charge in [-0.05, 0) is 35.8 Å². The zero-order chi connectivity index (χ0) is 17.9. The highest BCUT2D eigenvalue weighted by Gasteiger charge is 2.39. The number of piperidine rings is 1. The normalized spacial score (nSPS) is 19.5. The first-order valence-electron chi connectivity index (χ1n) is 9.54. The molecule has 136 valence electrons. The van der Waals surface area contributed by atoms with Crippen LogP contribution in [0.2, 0.25) is 0 Å². The van der Waals surface area contributed by atoms with E-state index in [1.807, 2.05) is 0 Å². The molecule has 0 atom stereocenters. The summed E-state index contributed by atoms with van der Waals surface area (Å²) in [7, 11) is 0. The SMILES string of the molecule is O=C(O)N1CCC(C2CN(C(c3ccccc3)c3ccccc3)C2)CC1. The first kappa shape index (κ1) is 17.1. The predicted molar refractivity (Wildman–Crippen MR) is 102 cm³/mol. The molecular formula is C22H26N2O2. The number of benzene rings is 2. The van der Waals surface area contributed by atoms with Crippen LogP contribution in [-0.2, 0) is 0 Å². The first-order valence-corrected chi connectivity index (χ1v) is 9.54. The molecule has 0 saturated carbocycles. The lowest BCUT2D eigenvalue weighted by molar-refractivity contribution is 0.0102. The van der Waals surface area contributed by atoms with Gasteiger partial charge in [0.1, 0.15) is 0 Å². The molecule has 0 aromatic heterocycles. The van der Waals surface area contributed by atoms with E-state index in [1.165, 1.54) is 11.1 Å². The average molecular weight is 350 g/mol. The van der Waals surface area contributed by atoms with Crippen LogP contribution < -0.4 is 0 Å². The first-order chi connectivity index (χ1) is 12.7. The maximum absolute atomic E-state index is 11.1. The molecule has 2 heterocycles. The van der Waals surface area contributed by atoms with Gasteiger partial charge in [-0.25, -0.2) is 4.79 Å². The summed E-state index contributed by atoms with van der Waals surface area (Å²) in [5.74, 6) is 1.36. The van der Waals surface area contributed by atoms with E-state index in [9.17, 15) is 4.79 Å². The van der Waals surface area contributed by atoms with Gasteiger partial charge >= 0.3 is 6.09 Å². The highest BCUT2D eigenvalue weighted by atomic mass is 16.4. The van der Waals surface area contributed by atoms with Gasteiger partial charge in [0.2, 0.25) is 0 Å². The summed E-state index contributed by atoms with van der Waals surface area (Å²) in [4.78, 5) is 15.2. The van der Waals surface area contributed by atoms with E-state index in [-0.39, 0.29) is 0 Å². The van der Waals surface area contributed by atoms with Gasteiger partial charge in [-0.2, -0.15) is 0 Å². The second-order valence-electron chi connectivity index (χ2n) is 7.54. The van der Waals surface area contributed by atoms with Crippen molar-refractivity contribution in [1.82, 2.24) is 9.80 Å². The van der Waals surface area contributed by atoms with Crippen molar-refractivity contribution < 1.29 is 9.90 Å². The second kappa shape index (κ2) is 7.50. The van der Waals surface area contributed by atoms with Gasteiger partial charge in [-0.1, -0.05) is 60.7 Å². The number of amides is 1. The molecular weight excluding hydrogens is 324 g/mol. The highest BCUT2D eigenvalue weighted by Crippen LogP contribution is 2.39. The monoisotopic (exact) mass is 350 g/mol. The van der Waals surface area contributed by atoms with Crippen LogP contribution in [0.3, 0.4) is 0 Å². The van der Waals surface area contributed by atoms with E-state index < -0.39 is 6.09 Å². The summed E-state index contributed by atoms with van der Waals surface area (Å²) in [6.07, 6.45) is 1.24. The van der Waals surface area contributed by atoms with Crippen molar-refractivity contribution >= 4 is 6.09 Å². The molecule has 2 aliphatic heterocycles. The van der Waals surface area contributed by atoms with Gasteiger partial charge in [0.05, 0.1) is 6.04 Å². The number of hydrogen-bond donors (Lipinski definition) is 1. The van der Waals surface area contributed by atoms with Gasteiger partial charge in [-0.15, -0.1) is 0 Å². The Morgan fingerprint density at radius 3 is 1.81 bits per heavy atom. The van der Waals surface area contributed by atoms with Crippen molar-refractivity contribution in [3.8, 4) is 0 Å². The number of rotatable bonds is 4. The maximum Gasteiger partial charge on any atom is 0.407 e. The number of carbonyl (C=O) groups is 1. The maximum atomic E-state index is 11.1. The van der Waals surface area contributed by atoms with Crippen molar-refractivity contribution in [2.45, 2.75) is 18.9 Å². The molecule has 2 saturated heterocycles. The molecule has 4 heteroatoms. The fourth-order valence-corrected chi connectivity index (χ4v) is 4.50. The van der Waals surface area contributed by atoms with Gasteiger partial charge in [-0.3, -0.25) is 4.90 Å². The summed E-state index contributed by atoms with van der Waals surface area (Å²) in [5.41, 5.74) is 2.69. The summed E-state index contributed by atoms with van der Waals surface area (Å²) >= 11 is 0. The van der Waals surface area contributed by atoms with Gasteiger partial charge in [0.25, 0.3) is 0 Å². The summed E-state index contributed by atoms with van der Waals surface area (Å²) in [5, 5.41) is 9.12. The molecule has 0 radical (unpaired) electrons. The molecule has 26 heavy (non-hydrogen) atoms. The van der Waals surface area contributed by atoms with Crippen LogP contribution in [0.1, 0.15) is 30.0 Å². The van der Waals surface area contributed by atoms with Crippen LogP contribution in [0, 0.1) is 11.8 Å². The van der Waals surface area contributed by atoms with Gasteiger partial charge < -0.3 is 10.0 Å². The van der Waals surface area contributed by atoms with Crippen molar-refractivity contribution in [3.05, 3.63) is 71.8 Å². The molecule has 4 rings (SSSR count). The number of likely N-dealkylation sites (tertiary alicyclic amines) is 2. The topological polar surface area (TPSA) is 43.8 Å². The molecule has 0 unspecified atom stereocenters. The zero-order valence-corrected chi connectivity index (χ0v) is 15.0. The minimum Gasteiger partial charge on any atom is -0.465 e. The van der Waals surface area contributed by atoms with Crippen molar-refractivity contribution in [2.24, 2.45) is 11.8 Å². The molecule has 0 aliphatic carbocycles. The van der Waals surface area contributed by atoms with Crippen molar-refractivity contribution in [2.75, 3.05) is 26.2 Å². The lowest BCUT2D eigenvalue weighted by Gasteiger charge is -2.49. The molecule has 2 aromatic rings. The van der Waals surface area contributed by atoms with E-state index in [0.717, 1.165) is 25.9 Å². The summed E-state index contributed by atoms with van der Waals surface area (Å²) < 4.78 is 0. The molecule has 0 spiro atoms. The van der Waals surface area contributed by atoms with Gasteiger partial charge in [0, 0.05) is 26.2 Å². The molecule has 4 nitrogen and oxygen atoms in total. The van der Waals surface area contributed by atoms with E-state index in [0.29, 0.717) is 31.0 Å². The van der Waals surface area contributed by atoms with Crippen LogP contribution in [0.15, 0.2) is 60.7 Å². The van der Waals surface area contributed by atoms with Gasteiger partial charge in [0.15, 0.2) is 0 Å². The smallest absolute Gasteiger partial charge is 0.407 e. The Morgan fingerprint density at radius 1 is 0.846 bits per heavy atom. The molecule has 0 bridgehead atoms. The predicted octanol–water partition coefficient (Wildman–Crippen LogP) is 4.10. The number of hydrogen-bond acceptors (Lipinski definition) is 2. The van der Waals surface area contributed by atoms with E-state index >= 15 is 0 Å². The Hall–Kier alpha value is -2.33. The quantitative estimate of drug-likeness (QED) is 0.903. The molecule has 1 amide bonds. The largest absolute Gasteiger partial charge is 0.465 e.